The number of para-hydroxylation sites is 2. The van der Waals surface area contributed by atoms with Gasteiger partial charge >= 0.3 is 0 Å². The molecule has 0 N–H and O–H groups in total. The van der Waals surface area contributed by atoms with E-state index in [2.05, 4.69) is 188 Å². The van der Waals surface area contributed by atoms with E-state index in [4.69, 9.17) is 38.7 Å². The summed E-state index contributed by atoms with van der Waals surface area (Å²) in [5, 5.41) is 13.5. The monoisotopic (exact) mass is 1150 g/mol. The Morgan fingerprint density at radius 3 is 1.16 bits per heavy atom. The summed E-state index contributed by atoms with van der Waals surface area (Å²) in [6, 6.07) is 101. The second-order valence-electron chi connectivity index (χ2n) is 22.8. The van der Waals surface area contributed by atoms with Crippen LogP contribution in [-0.4, -0.2) is 29.9 Å². The minimum absolute atomic E-state index is 0.531. The lowest BCUT2D eigenvalue weighted by atomic mass is 9.91. The Balaban J connectivity index is 0.696. The molecule has 0 spiro atoms. The topological polar surface area (TPSA) is 104 Å². The lowest BCUT2D eigenvalue weighted by molar-refractivity contribution is 0.669. The molecule has 8 nitrogen and oxygen atoms in total. The Morgan fingerprint density at radius 1 is 0.189 bits per heavy atom. The summed E-state index contributed by atoms with van der Waals surface area (Å²) in [5.74, 6) is 3.42. The van der Waals surface area contributed by atoms with E-state index in [-0.39, 0.29) is 0 Å². The van der Waals surface area contributed by atoms with E-state index in [1.54, 1.807) is 0 Å². The SMILES string of the molecule is c1ccc(-c2nc(-c3ccccc3)nc(-c3cccc4c3oc3cccc(-c5ccc6c(ccc7cc(-c8cccc(-c9nc(-c%10ccccc%10)nc(-c%10cccc%11c%10oc%10cccc(-c%12cc%13ccccc%13c%13ccccc%12%13)c%10%11)n9)c8)ccc76)c5)c34)n2)cc1. The van der Waals surface area contributed by atoms with Crippen molar-refractivity contribution in [1.29, 1.82) is 0 Å². The molecule has 0 aliphatic carbocycles. The standard InChI is InChI=1S/C82H48N6O2/c1-4-19-49(20-5-1)77-83-78(50-21-6-2-7-22-50)86-81(85-77)68-35-15-33-66-73-62(31-17-37-71(73)89-75(66)68)57-42-44-61-56(47-57)40-39-55-45-53(41-43-60(55)61)52-26-14-27-58(46-52)80-84-79(51-23-8-3-9-24-51)87-82(88-80)69-36-16-34-67-74-65(32-18-38-72(74)90-76(67)69)70-48-54-25-10-11-28-59(54)63-29-12-13-30-64(63)70/h1-48H. The average Bonchev–Trinajstić information content (AvgIpc) is 1.56. The van der Waals surface area contributed by atoms with E-state index in [9.17, 15) is 0 Å². The molecule has 4 heterocycles. The number of rotatable bonds is 9. The Bertz CT molecular complexity index is 5860. The van der Waals surface area contributed by atoms with E-state index in [1.165, 1.54) is 32.3 Å². The summed E-state index contributed by atoms with van der Waals surface area (Å²) < 4.78 is 13.7. The fourth-order valence-electron chi connectivity index (χ4n) is 13.3. The van der Waals surface area contributed by atoms with Gasteiger partial charge in [0.15, 0.2) is 34.9 Å². The Hall–Kier alpha value is -12.3. The van der Waals surface area contributed by atoms with Gasteiger partial charge in [0, 0.05) is 43.8 Å². The molecule has 418 valence electrons. The fraction of sp³-hybridized carbons (Fsp3) is 0. The highest BCUT2D eigenvalue weighted by Crippen LogP contribution is 2.45. The van der Waals surface area contributed by atoms with Crippen LogP contribution < -0.4 is 0 Å². The second kappa shape index (κ2) is 20.7. The van der Waals surface area contributed by atoms with Gasteiger partial charge in [0.1, 0.15) is 22.3 Å². The van der Waals surface area contributed by atoms with Gasteiger partial charge in [-0.25, -0.2) is 29.9 Å². The molecular weight excluding hydrogens is 1100 g/mol. The molecule has 0 atom stereocenters. The van der Waals surface area contributed by atoms with Crippen molar-refractivity contribution < 1.29 is 8.83 Å². The van der Waals surface area contributed by atoms with Crippen molar-refractivity contribution in [1.82, 2.24) is 29.9 Å². The van der Waals surface area contributed by atoms with Crippen LogP contribution in [0.1, 0.15) is 0 Å². The molecule has 18 rings (SSSR count). The quantitative estimate of drug-likeness (QED) is 0.132. The minimum atomic E-state index is 0.531. The molecule has 90 heavy (non-hydrogen) atoms. The molecule has 8 heteroatoms. The highest BCUT2D eigenvalue weighted by atomic mass is 16.3. The second-order valence-corrected chi connectivity index (χ2v) is 22.8. The summed E-state index contributed by atoms with van der Waals surface area (Å²) in [4.78, 5) is 30.7. The van der Waals surface area contributed by atoms with Gasteiger partial charge < -0.3 is 8.83 Å². The Morgan fingerprint density at radius 2 is 0.567 bits per heavy atom. The Labute approximate surface area is 515 Å². The van der Waals surface area contributed by atoms with Crippen molar-refractivity contribution in [3.8, 4) is 102 Å². The van der Waals surface area contributed by atoms with Gasteiger partial charge in [-0.15, -0.1) is 0 Å². The maximum absolute atomic E-state index is 6.92. The van der Waals surface area contributed by atoms with E-state index >= 15 is 0 Å². The molecule has 0 radical (unpaired) electrons. The van der Waals surface area contributed by atoms with Crippen molar-refractivity contribution >= 4 is 87.0 Å². The highest BCUT2D eigenvalue weighted by Gasteiger charge is 2.23. The maximum Gasteiger partial charge on any atom is 0.167 e. The summed E-state index contributed by atoms with van der Waals surface area (Å²) in [7, 11) is 0. The predicted molar refractivity (Wildman–Crippen MR) is 367 cm³/mol. The van der Waals surface area contributed by atoms with Crippen LogP contribution >= 0.6 is 0 Å². The van der Waals surface area contributed by atoms with E-state index in [0.29, 0.717) is 34.9 Å². The summed E-state index contributed by atoms with van der Waals surface area (Å²) >= 11 is 0. The third kappa shape index (κ3) is 8.53. The van der Waals surface area contributed by atoms with Crippen LogP contribution in [-0.2, 0) is 0 Å². The molecule has 14 aromatic carbocycles. The van der Waals surface area contributed by atoms with E-state index in [0.717, 1.165) is 121 Å². The molecular formula is C82H48N6O2. The van der Waals surface area contributed by atoms with Gasteiger partial charge in [-0.05, 0) is 125 Å². The normalized spacial score (nSPS) is 11.8. The highest BCUT2D eigenvalue weighted by molar-refractivity contribution is 6.21. The van der Waals surface area contributed by atoms with Crippen LogP contribution in [0.15, 0.2) is 300 Å². The number of furan rings is 2. The minimum Gasteiger partial charge on any atom is -0.455 e. The lowest BCUT2D eigenvalue weighted by Crippen LogP contribution is -2.00. The number of nitrogens with zero attached hydrogens (tertiary/aromatic N) is 6. The first-order chi connectivity index (χ1) is 44.6. The van der Waals surface area contributed by atoms with Crippen molar-refractivity contribution in [2.45, 2.75) is 0 Å². The zero-order valence-electron chi connectivity index (χ0n) is 48.2. The molecule has 0 bridgehead atoms. The molecule has 0 amide bonds. The smallest absolute Gasteiger partial charge is 0.167 e. The van der Waals surface area contributed by atoms with Crippen LogP contribution in [0.3, 0.4) is 0 Å². The van der Waals surface area contributed by atoms with Gasteiger partial charge in [-0.1, -0.05) is 243 Å². The average molecular weight is 1150 g/mol. The molecule has 0 aliphatic heterocycles. The van der Waals surface area contributed by atoms with Crippen LogP contribution in [0, 0.1) is 0 Å². The van der Waals surface area contributed by atoms with Gasteiger partial charge in [0.25, 0.3) is 0 Å². The Kier molecular flexibility index (Phi) is 11.7. The van der Waals surface area contributed by atoms with Crippen molar-refractivity contribution in [2.75, 3.05) is 0 Å². The molecule has 0 fully saturated rings. The maximum atomic E-state index is 6.92. The fourth-order valence-corrected chi connectivity index (χ4v) is 13.3. The van der Waals surface area contributed by atoms with Gasteiger partial charge in [0.2, 0.25) is 0 Å². The lowest BCUT2D eigenvalue weighted by Gasteiger charge is -2.12. The summed E-state index contributed by atoms with van der Waals surface area (Å²) in [6.45, 7) is 0. The molecule has 0 unspecified atom stereocenters. The zero-order chi connectivity index (χ0) is 59.2. The number of hydrogen-bond donors (Lipinski definition) is 0. The van der Waals surface area contributed by atoms with Crippen LogP contribution in [0.4, 0.5) is 0 Å². The van der Waals surface area contributed by atoms with Crippen LogP contribution in [0.5, 0.6) is 0 Å². The van der Waals surface area contributed by atoms with Gasteiger partial charge in [-0.3, -0.25) is 0 Å². The third-order valence-corrected chi connectivity index (χ3v) is 17.6. The molecule has 0 saturated heterocycles. The largest absolute Gasteiger partial charge is 0.455 e. The molecule has 4 aromatic heterocycles. The first kappa shape index (κ1) is 51.0. The number of hydrogen-bond acceptors (Lipinski definition) is 8. The van der Waals surface area contributed by atoms with Crippen LogP contribution in [0.2, 0.25) is 0 Å². The van der Waals surface area contributed by atoms with Crippen molar-refractivity contribution in [3.63, 3.8) is 0 Å². The van der Waals surface area contributed by atoms with E-state index in [1.807, 2.05) is 103 Å². The first-order valence-corrected chi connectivity index (χ1v) is 30.1. The van der Waals surface area contributed by atoms with Gasteiger partial charge in [0.05, 0.1) is 11.1 Å². The van der Waals surface area contributed by atoms with Crippen molar-refractivity contribution in [3.05, 3.63) is 291 Å². The number of fused-ring (bicyclic) bond motifs is 12. The molecule has 0 aliphatic rings. The third-order valence-electron chi connectivity index (χ3n) is 17.6. The predicted octanol–water partition coefficient (Wildman–Crippen LogP) is 21.5. The number of aromatic nitrogens is 6. The number of benzene rings is 14. The zero-order valence-corrected chi connectivity index (χ0v) is 48.2. The van der Waals surface area contributed by atoms with Gasteiger partial charge in [-0.2, -0.15) is 0 Å². The molecule has 18 aromatic rings. The van der Waals surface area contributed by atoms with Crippen molar-refractivity contribution in [2.24, 2.45) is 0 Å². The summed E-state index contributed by atoms with van der Waals surface area (Å²) in [5.41, 5.74) is 14.8. The molecule has 0 saturated carbocycles. The first-order valence-electron chi connectivity index (χ1n) is 30.1. The van der Waals surface area contributed by atoms with E-state index < -0.39 is 0 Å². The summed E-state index contributed by atoms with van der Waals surface area (Å²) in [6.07, 6.45) is 0. The van der Waals surface area contributed by atoms with Crippen LogP contribution in [0.25, 0.3) is 189 Å².